The van der Waals surface area contributed by atoms with Crippen LogP contribution in [0.15, 0.2) is 36.4 Å². The fraction of sp³-hybridized carbons (Fsp3) is 0. The number of nitrogens with one attached hydrogen (secondary N) is 1. The maximum atomic E-state index is 13.4. The van der Waals surface area contributed by atoms with Gasteiger partial charge in [-0.3, -0.25) is 19.7 Å². The third kappa shape index (κ3) is 3.61. The van der Waals surface area contributed by atoms with E-state index in [0.29, 0.717) is 0 Å². The summed E-state index contributed by atoms with van der Waals surface area (Å²) in [5, 5.41) is 12.9. The van der Waals surface area contributed by atoms with Crippen molar-refractivity contribution in [3.63, 3.8) is 0 Å². The number of nitro benzene ring substituents is 1. The molecule has 0 fully saturated rings. The van der Waals surface area contributed by atoms with Crippen LogP contribution in [0.5, 0.6) is 0 Å². The highest BCUT2D eigenvalue weighted by Crippen LogP contribution is 2.24. The zero-order chi connectivity index (χ0) is 17.1. The van der Waals surface area contributed by atoms with Crippen molar-refractivity contribution in [1.82, 2.24) is 0 Å². The van der Waals surface area contributed by atoms with Crippen molar-refractivity contribution in [3.8, 4) is 0 Å². The van der Waals surface area contributed by atoms with Gasteiger partial charge in [-0.25, -0.2) is 4.39 Å². The normalized spacial score (nSPS) is 10.2. The zero-order valence-corrected chi connectivity index (χ0v) is 12.1. The van der Waals surface area contributed by atoms with Crippen LogP contribution in [0.2, 0.25) is 5.02 Å². The Kier molecular flexibility index (Phi) is 4.56. The number of rotatable bonds is 4. The molecule has 0 bridgehead atoms. The van der Waals surface area contributed by atoms with E-state index in [4.69, 9.17) is 17.3 Å². The van der Waals surface area contributed by atoms with Crippen LogP contribution < -0.4 is 11.1 Å². The quantitative estimate of drug-likeness (QED) is 0.659. The second kappa shape index (κ2) is 6.41. The monoisotopic (exact) mass is 337 g/mol. The Bertz CT molecular complexity index is 826. The van der Waals surface area contributed by atoms with Crippen LogP contribution in [0.25, 0.3) is 0 Å². The van der Waals surface area contributed by atoms with Gasteiger partial charge in [-0.2, -0.15) is 0 Å². The third-order valence-electron chi connectivity index (χ3n) is 2.90. The molecule has 2 aromatic rings. The first-order valence-electron chi connectivity index (χ1n) is 6.14. The lowest BCUT2D eigenvalue weighted by Gasteiger charge is -2.08. The fourth-order valence-corrected chi connectivity index (χ4v) is 2.05. The molecule has 9 heteroatoms. The molecule has 2 aromatic carbocycles. The molecule has 3 N–H and O–H groups in total. The summed E-state index contributed by atoms with van der Waals surface area (Å²) >= 11 is 5.84. The molecule has 0 saturated heterocycles. The molecule has 0 atom stereocenters. The molecule has 0 aromatic heterocycles. The summed E-state index contributed by atoms with van der Waals surface area (Å²) in [7, 11) is 0. The summed E-state index contributed by atoms with van der Waals surface area (Å²) in [5.41, 5.74) is 4.49. The topological polar surface area (TPSA) is 115 Å². The van der Waals surface area contributed by atoms with Crippen molar-refractivity contribution < 1.29 is 18.9 Å². The van der Waals surface area contributed by atoms with Crippen molar-refractivity contribution in [2.45, 2.75) is 0 Å². The first-order chi connectivity index (χ1) is 10.8. The van der Waals surface area contributed by atoms with Gasteiger partial charge in [-0.1, -0.05) is 11.6 Å². The maximum absolute atomic E-state index is 13.4. The average molecular weight is 338 g/mol. The molecule has 0 spiro atoms. The van der Waals surface area contributed by atoms with Gasteiger partial charge in [0.05, 0.1) is 21.1 Å². The lowest BCUT2D eigenvalue weighted by molar-refractivity contribution is -0.384. The second-order valence-corrected chi connectivity index (χ2v) is 4.84. The summed E-state index contributed by atoms with van der Waals surface area (Å²) in [6, 6.07) is 6.64. The zero-order valence-electron chi connectivity index (χ0n) is 11.4. The lowest BCUT2D eigenvalue weighted by Crippen LogP contribution is -2.16. The highest BCUT2D eigenvalue weighted by molar-refractivity contribution is 6.34. The number of carbonyl (C=O) groups is 2. The molecule has 0 heterocycles. The average Bonchev–Trinajstić information content (AvgIpc) is 2.48. The fourth-order valence-electron chi connectivity index (χ4n) is 1.79. The van der Waals surface area contributed by atoms with E-state index in [1.54, 1.807) is 0 Å². The Morgan fingerprint density at radius 2 is 1.87 bits per heavy atom. The van der Waals surface area contributed by atoms with E-state index in [-0.39, 0.29) is 27.5 Å². The predicted molar refractivity (Wildman–Crippen MR) is 81.0 cm³/mol. The van der Waals surface area contributed by atoms with E-state index in [9.17, 15) is 24.1 Å². The number of nitrogens with zero attached hydrogens (tertiary/aromatic N) is 1. The highest BCUT2D eigenvalue weighted by atomic mass is 35.5. The van der Waals surface area contributed by atoms with Crippen LogP contribution in [-0.4, -0.2) is 16.7 Å². The number of nitrogens with two attached hydrogens (primary N) is 1. The molecule has 0 unspecified atom stereocenters. The smallest absolute Gasteiger partial charge is 0.270 e. The lowest BCUT2D eigenvalue weighted by atomic mass is 10.1. The van der Waals surface area contributed by atoms with Crippen molar-refractivity contribution in [1.29, 1.82) is 0 Å². The Balaban J connectivity index is 2.27. The van der Waals surface area contributed by atoms with E-state index >= 15 is 0 Å². The number of carbonyl (C=O) groups excluding carboxylic acids is 2. The largest absolute Gasteiger partial charge is 0.366 e. The van der Waals surface area contributed by atoms with Gasteiger partial charge < -0.3 is 11.1 Å². The van der Waals surface area contributed by atoms with Gasteiger partial charge in [-0.15, -0.1) is 0 Å². The molecular formula is C14H9ClFN3O4. The van der Waals surface area contributed by atoms with Crippen molar-refractivity contribution in [2.24, 2.45) is 5.73 Å². The van der Waals surface area contributed by atoms with Crippen molar-refractivity contribution in [3.05, 3.63) is 68.5 Å². The van der Waals surface area contributed by atoms with Gasteiger partial charge in [0.15, 0.2) is 0 Å². The summed E-state index contributed by atoms with van der Waals surface area (Å²) in [5.74, 6) is -2.47. The summed E-state index contributed by atoms with van der Waals surface area (Å²) < 4.78 is 13.4. The van der Waals surface area contributed by atoms with Crippen LogP contribution in [0, 0.1) is 15.9 Å². The molecule has 0 saturated carbocycles. The minimum atomic E-state index is -0.980. The van der Waals surface area contributed by atoms with Crippen LogP contribution in [0.1, 0.15) is 20.7 Å². The number of hydrogen-bond acceptors (Lipinski definition) is 4. The van der Waals surface area contributed by atoms with Gasteiger partial charge >= 0.3 is 0 Å². The minimum Gasteiger partial charge on any atom is -0.366 e. The van der Waals surface area contributed by atoms with E-state index in [0.717, 1.165) is 24.3 Å². The molecule has 0 aliphatic carbocycles. The van der Waals surface area contributed by atoms with Crippen LogP contribution in [0.4, 0.5) is 15.8 Å². The predicted octanol–water partition coefficient (Wildman–Crippen LogP) is 2.74. The van der Waals surface area contributed by atoms with Gasteiger partial charge in [0.2, 0.25) is 0 Å². The van der Waals surface area contributed by atoms with Gasteiger partial charge in [-0.05, 0) is 24.3 Å². The number of halogens is 2. The van der Waals surface area contributed by atoms with Gasteiger partial charge in [0.1, 0.15) is 5.82 Å². The summed E-state index contributed by atoms with van der Waals surface area (Å²) in [6.45, 7) is 0. The van der Waals surface area contributed by atoms with E-state index in [1.807, 2.05) is 0 Å². The standard InChI is InChI=1S/C14H9ClFN3O4/c15-11-6-8(19(22)23)2-3-9(11)14(21)18-7-1-4-12(16)10(5-7)13(17)20/h1-6H,(H2,17,20)(H,18,21). The Hall–Kier alpha value is -3.00. The molecule has 2 rings (SSSR count). The molecule has 0 radical (unpaired) electrons. The number of anilines is 1. The molecule has 118 valence electrons. The van der Waals surface area contributed by atoms with Crippen LogP contribution in [0.3, 0.4) is 0 Å². The molecule has 2 amide bonds. The molecule has 7 nitrogen and oxygen atoms in total. The van der Waals surface area contributed by atoms with Crippen LogP contribution in [-0.2, 0) is 0 Å². The van der Waals surface area contributed by atoms with E-state index in [1.165, 1.54) is 12.1 Å². The minimum absolute atomic E-state index is 0.0118. The van der Waals surface area contributed by atoms with Gasteiger partial charge in [0.25, 0.3) is 17.5 Å². The van der Waals surface area contributed by atoms with Crippen molar-refractivity contribution >= 4 is 34.8 Å². The molecule has 0 aliphatic rings. The Morgan fingerprint density at radius 1 is 1.17 bits per heavy atom. The van der Waals surface area contributed by atoms with Gasteiger partial charge in [0, 0.05) is 17.8 Å². The van der Waals surface area contributed by atoms with E-state index in [2.05, 4.69) is 5.32 Å². The van der Waals surface area contributed by atoms with Crippen LogP contribution >= 0.6 is 11.6 Å². The summed E-state index contributed by atoms with van der Waals surface area (Å²) in [4.78, 5) is 33.2. The molecule has 0 aliphatic heterocycles. The first-order valence-corrected chi connectivity index (χ1v) is 6.52. The maximum Gasteiger partial charge on any atom is 0.270 e. The SMILES string of the molecule is NC(=O)c1cc(NC(=O)c2ccc([N+](=O)[O-])cc2Cl)ccc1F. The molecular weight excluding hydrogens is 329 g/mol. The van der Waals surface area contributed by atoms with E-state index < -0.39 is 22.6 Å². The number of amides is 2. The number of nitro groups is 1. The highest BCUT2D eigenvalue weighted by Gasteiger charge is 2.16. The van der Waals surface area contributed by atoms with Crippen molar-refractivity contribution in [2.75, 3.05) is 5.32 Å². The Labute approximate surface area is 134 Å². The second-order valence-electron chi connectivity index (χ2n) is 4.43. The molecule has 23 heavy (non-hydrogen) atoms. The number of benzene rings is 2. The third-order valence-corrected chi connectivity index (χ3v) is 3.21. The number of primary amides is 1. The number of non-ortho nitro benzene ring substituents is 1. The first kappa shape index (κ1) is 16.4. The summed E-state index contributed by atoms with van der Waals surface area (Å²) in [6.07, 6.45) is 0. The number of hydrogen-bond donors (Lipinski definition) is 2. The Morgan fingerprint density at radius 3 is 2.43 bits per heavy atom.